The molecule has 1 aliphatic heterocycles. The summed E-state index contributed by atoms with van der Waals surface area (Å²) in [6.07, 6.45) is 0.421. The van der Waals surface area contributed by atoms with Crippen molar-refractivity contribution in [1.82, 2.24) is 0 Å². The van der Waals surface area contributed by atoms with E-state index >= 15 is 0 Å². The monoisotopic (exact) mass is 293 g/mol. The lowest BCUT2D eigenvalue weighted by molar-refractivity contribution is -0.140. The van der Waals surface area contributed by atoms with Crippen molar-refractivity contribution in [3.05, 3.63) is 30.3 Å². The Balaban J connectivity index is 1.97. The van der Waals surface area contributed by atoms with Gasteiger partial charge in [0.2, 0.25) is 11.8 Å². The first-order chi connectivity index (χ1) is 9.63. The summed E-state index contributed by atoms with van der Waals surface area (Å²) >= 11 is 1.33. The maximum absolute atomic E-state index is 12.2. The summed E-state index contributed by atoms with van der Waals surface area (Å²) in [7, 11) is 1.33. The van der Waals surface area contributed by atoms with Crippen molar-refractivity contribution < 1.29 is 19.1 Å². The van der Waals surface area contributed by atoms with Crippen molar-refractivity contribution in [3.8, 4) is 0 Å². The zero-order valence-electron chi connectivity index (χ0n) is 11.1. The third-order valence-electron chi connectivity index (χ3n) is 2.97. The summed E-state index contributed by atoms with van der Waals surface area (Å²) < 4.78 is 4.54. The van der Waals surface area contributed by atoms with Crippen LogP contribution in [0, 0.1) is 0 Å². The molecule has 1 fully saturated rings. The highest BCUT2D eigenvalue weighted by molar-refractivity contribution is 8.00. The molecule has 2 amide bonds. The molecule has 0 unspecified atom stereocenters. The van der Waals surface area contributed by atoms with Gasteiger partial charge in [-0.3, -0.25) is 14.4 Å². The van der Waals surface area contributed by atoms with Crippen LogP contribution in [-0.4, -0.2) is 35.9 Å². The Hall–Kier alpha value is -1.82. The molecule has 0 spiro atoms. The standard InChI is InChI=1S/C14H15NO4S/c1-19-13(17)7-8-20-11-9-12(16)15(14(11)18)10-5-3-2-4-6-10/h2-6,11H,7-9H2,1H3/t11-/m1/s1. The number of amides is 2. The van der Waals surface area contributed by atoms with Gasteiger partial charge in [-0.1, -0.05) is 18.2 Å². The van der Waals surface area contributed by atoms with Crippen LogP contribution in [0.3, 0.4) is 0 Å². The van der Waals surface area contributed by atoms with Gasteiger partial charge < -0.3 is 4.74 Å². The van der Waals surface area contributed by atoms with E-state index in [0.29, 0.717) is 11.4 Å². The highest BCUT2D eigenvalue weighted by atomic mass is 32.2. The number of methoxy groups -OCH3 is 1. The van der Waals surface area contributed by atoms with Gasteiger partial charge in [-0.15, -0.1) is 11.8 Å². The minimum Gasteiger partial charge on any atom is -0.469 e. The third-order valence-corrected chi connectivity index (χ3v) is 4.18. The van der Waals surface area contributed by atoms with Crippen LogP contribution in [0.5, 0.6) is 0 Å². The summed E-state index contributed by atoms with van der Waals surface area (Å²) in [4.78, 5) is 36.4. The van der Waals surface area contributed by atoms with E-state index in [4.69, 9.17) is 0 Å². The molecule has 1 atom stereocenters. The fraction of sp³-hybridized carbons (Fsp3) is 0.357. The second-order valence-electron chi connectivity index (χ2n) is 4.29. The predicted octanol–water partition coefficient (Wildman–Crippen LogP) is 1.61. The Labute approximate surface area is 121 Å². The first-order valence-electron chi connectivity index (χ1n) is 6.23. The molecule has 6 heteroatoms. The molecule has 20 heavy (non-hydrogen) atoms. The molecule has 1 aromatic carbocycles. The van der Waals surface area contributed by atoms with Crippen LogP contribution in [-0.2, 0) is 19.1 Å². The van der Waals surface area contributed by atoms with Crippen LogP contribution in [0.25, 0.3) is 0 Å². The summed E-state index contributed by atoms with van der Waals surface area (Å²) in [5.74, 6) is -0.249. The Kier molecular flexibility index (Phi) is 4.79. The number of rotatable bonds is 5. The summed E-state index contributed by atoms with van der Waals surface area (Å²) in [5.41, 5.74) is 0.596. The van der Waals surface area contributed by atoms with Gasteiger partial charge in [-0.05, 0) is 12.1 Å². The van der Waals surface area contributed by atoms with E-state index in [0.717, 1.165) is 0 Å². The third kappa shape index (κ3) is 3.19. The number of hydrogen-bond donors (Lipinski definition) is 0. The van der Waals surface area contributed by atoms with Gasteiger partial charge in [0.15, 0.2) is 0 Å². The van der Waals surface area contributed by atoms with Crippen LogP contribution in [0.4, 0.5) is 5.69 Å². The van der Waals surface area contributed by atoms with E-state index in [1.807, 2.05) is 6.07 Å². The average molecular weight is 293 g/mol. The van der Waals surface area contributed by atoms with E-state index in [1.54, 1.807) is 24.3 Å². The topological polar surface area (TPSA) is 63.7 Å². The molecule has 1 saturated heterocycles. The number of thioether (sulfide) groups is 1. The average Bonchev–Trinajstić information content (AvgIpc) is 2.74. The summed E-state index contributed by atoms with van der Waals surface area (Å²) in [5, 5.41) is -0.410. The van der Waals surface area contributed by atoms with Crippen molar-refractivity contribution in [2.45, 2.75) is 18.1 Å². The van der Waals surface area contributed by atoms with Gasteiger partial charge in [0.1, 0.15) is 0 Å². The lowest BCUT2D eigenvalue weighted by Crippen LogP contribution is -2.31. The predicted molar refractivity (Wildman–Crippen MR) is 76.4 cm³/mol. The lowest BCUT2D eigenvalue weighted by atomic mass is 10.3. The number of esters is 1. The maximum Gasteiger partial charge on any atom is 0.306 e. The largest absolute Gasteiger partial charge is 0.469 e. The lowest BCUT2D eigenvalue weighted by Gasteiger charge is -2.14. The van der Waals surface area contributed by atoms with Crippen molar-refractivity contribution in [3.63, 3.8) is 0 Å². The van der Waals surface area contributed by atoms with Crippen molar-refractivity contribution in [1.29, 1.82) is 0 Å². The van der Waals surface area contributed by atoms with Gasteiger partial charge in [0.05, 0.1) is 24.5 Å². The van der Waals surface area contributed by atoms with Gasteiger partial charge in [-0.2, -0.15) is 0 Å². The fourth-order valence-electron chi connectivity index (χ4n) is 1.97. The van der Waals surface area contributed by atoms with Crippen LogP contribution in [0.15, 0.2) is 30.3 Å². The number of anilines is 1. The molecule has 5 nitrogen and oxygen atoms in total. The molecule has 0 saturated carbocycles. The smallest absolute Gasteiger partial charge is 0.306 e. The Morgan fingerprint density at radius 2 is 2.05 bits per heavy atom. The second-order valence-corrected chi connectivity index (χ2v) is 5.60. The van der Waals surface area contributed by atoms with E-state index in [2.05, 4.69) is 4.74 Å². The number of ether oxygens (including phenoxy) is 1. The fourth-order valence-corrected chi connectivity index (χ4v) is 3.05. The maximum atomic E-state index is 12.2. The molecule has 0 aliphatic carbocycles. The molecule has 0 radical (unpaired) electrons. The molecule has 1 heterocycles. The number of carbonyl (C=O) groups excluding carboxylic acids is 3. The molecular weight excluding hydrogens is 278 g/mol. The number of para-hydroxylation sites is 1. The van der Waals surface area contributed by atoms with Crippen molar-refractivity contribution in [2.24, 2.45) is 0 Å². The molecule has 1 aliphatic rings. The van der Waals surface area contributed by atoms with Gasteiger partial charge in [-0.25, -0.2) is 4.90 Å². The van der Waals surface area contributed by atoms with E-state index in [1.165, 1.54) is 23.8 Å². The second kappa shape index (κ2) is 6.56. The molecule has 1 aromatic rings. The molecule has 0 bridgehead atoms. The highest BCUT2D eigenvalue weighted by Gasteiger charge is 2.39. The molecule has 106 valence electrons. The minimum atomic E-state index is -0.410. The Morgan fingerprint density at radius 1 is 1.35 bits per heavy atom. The van der Waals surface area contributed by atoms with Crippen LogP contribution >= 0.6 is 11.8 Å². The summed E-state index contributed by atoms with van der Waals surface area (Å²) in [6.45, 7) is 0. The van der Waals surface area contributed by atoms with Crippen LogP contribution in [0.2, 0.25) is 0 Å². The minimum absolute atomic E-state index is 0.180. The van der Waals surface area contributed by atoms with Gasteiger partial charge in [0, 0.05) is 12.2 Å². The van der Waals surface area contributed by atoms with Crippen molar-refractivity contribution >= 4 is 35.2 Å². The first kappa shape index (κ1) is 14.6. The van der Waals surface area contributed by atoms with Crippen LogP contribution < -0.4 is 4.90 Å². The molecule has 0 N–H and O–H groups in total. The number of benzene rings is 1. The normalized spacial score (nSPS) is 18.4. The zero-order chi connectivity index (χ0) is 14.5. The van der Waals surface area contributed by atoms with Gasteiger partial charge >= 0.3 is 5.97 Å². The number of hydrogen-bond acceptors (Lipinski definition) is 5. The van der Waals surface area contributed by atoms with Crippen LogP contribution in [0.1, 0.15) is 12.8 Å². The van der Waals surface area contributed by atoms with Gasteiger partial charge in [0.25, 0.3) is 0 Å². The van der Waals surface area contributed by atoms with E-state index in [-0.39, 0.29) is 30.6 Å². The SMILES string of the molecule is COC(=O)CCS[C@@H]1CC(=O)N(c2ccccc2)C1=O. The van der Waals surface area contributed by atoms with Crippen molar-refractivity contribution in [2.75, 3.05) is 17.8 Å². The molecular formula is C14H15NO4S. The number of nitrogens with zero attached hydrogens (tertiary/aromatic N) is 1. The number of carbonyl (C=O) groups is 3. The Morgan fingerprint density at radius 3 is 2.70 bits per heavy atom. The summed E-state index contributed by atoms with van der Waals surface area (Å²) in [6, 6.07) is 8.87. The quantitative estimate of drug-likeness (QED) is 0.609. The first-order valence-corrected chi connectivity index (χ1v) is 7.28. The van der Waals surface area contributed by atoms with E-state index < -0.39 is 5.25 Å². The Bertz CT molecular complexity index is 517. The zero-order valence-corrected chi connectivity index (χ0v) is 11.9. The van der Waals surface area contributed by atoms with E-state index in [9.17, 15) is 14.4 Å². The molecule has 0 aromatic heterocycles. The molecule has 2 rings (SSSR count). The number of imide groups is 1. The highest BCUT2D eigenvalue weighted by Crippen LogP contribution is 2.29.